The summed E-state index contributed by atoms with van der Waals surface area (Å²) in [4.78, 5) is 10.5. The molecule has 0 unspecified atom stereocenters. The quantitative estimate of drug-likeness (QED) is 0.297. The van der Waals surface area contributed by atoms with Crippen LogP contribution in [0.4, 0.5) is 0 Å². The Morgan fingerprint density at radius 1 is 0.929 bits per heavy atom. The molecule has 0 aliphatic carbocycles. The van der Waals surface area contributed by atoms with Crippen molar-refractivity contribution in [3.63, 3.8) is 0 Å². The van der Waals surface area contributed by atoms with E-state index in [0.29, 0.717) is 17.0 Å². The predicted molar refractivity (Wildman–Crippen MR) is 169 cm³/mol. The zero-order chi connectivity index (χ0) is 29.8. The second kappa shape index (κ2) is 10.9. The topological polar surface area (TPSA) is 78.7 Å². The lowest BCUT2D eigenvalue weighted by atomic mass is 9.89. The first kappa shape index (κ1) is 29.1. The van der Waals surface area contributed by atoms with Crippen molar-refractivity contribution >= 4 is 20.7 Å². The second-order valence-electron chi connectivity index (χ2n) is 13.0. The van der Waals surface area contributed by atoms with Crippen molar-refractivity contribution in [1.82, 2.24) is 19.4 Å². The number of hydrogen-bond donors (Lipinski definition) is 1. The molecular weight excluding hydrogens is 544 g/mol. The molecule has 2 bridgehead atoms. The van der Waals surface area contributed by atoms with Gasteiger partial charge in [0, 0.05) is 73.9 Å². The fourth-order valence-corrected chi connectivity index (χ4v) is 7.32. The molecule has 0 radical (unpaired) electrons. The van der Waals surface area contributed by atoms with E-state index in [1.807, 2.05) is 40.0 Å². The Kier molecular flexibility index (Phi) is 7.54. The van der Waals surface area contributed by atoms with Gasteiger partial charge in [-0.05, 0) is 75.4 Å². The zero-order valence-electron chi connectivity index (χ0n) is 25.3. The highest BCUT2D eigenvalue weighted by Gasteiger charge is 2.38. The van der Waals surface area contributed by atoms with Gasteiger partial charge in [-0.2, -0.15) is 0 Å². The first-order chi connectivity index (χ1) is 19.9. The molecule has 222 valence electrons. The number of rotatable bonds is 8. The zero-order valence-corrected chi connectivity index (χ0v) is 26.2. The molecule has 0 saturated carbocycles. The van der Waals surface area contributed by atoms with Gasteiger partial charge in [0.1, 0.15) is 0 Å². The van der Waals surface area contributed by atoms with Gasteiger partial charge < -0.3 is 9.67 Å². The molecule has 3 saturated heterocycles. The molecule has 7 nitrogen and oxygen atoms in total. The maximum atomic E-state index is 11.9. The van der Waals surface area contributed by atoms with E-state index in [-0.39, 0.29) is 0 Å². The van der Waals surface area contributed by atoms with Crippen molar-refractivity contribution in [2.75, 3.05) is 25.9 Å². The van der Waals surface area contributed by atoms with Crippen molar-refractivity contribution in [3.8, 4) is 22.5 Å². The van der Waals surface area contributed by atoms with Crippen molar-refractivity contribution in [3.05, 3.63) is 71.9 Å². The molecule has 8 heteroatoms. The van der Waals surface area contributed by atoms with Crippen LogP contribution < -0.4 is 0 Å². The summed E-state index contributed by atoms with van der Waals surface area (Å²) < 4.78 is 25.9. The van der Waals surface area contributed by atoms with Crippen LogP contribution in [0.2, 0.25) is 0 Å². The van der Waals surface area contributed by atoms with Crippen LogP contribution in [0.3, 0.4) is 0 Å². The van der Waals surface area contributed by atoms with Crippen molar-refractivity contribution in [2.24, 2.45) is 7.05 Å². The number of hydrogen-bond acceptors (Lipinski definition) is 6. The second-order valence-corrected chi connectivity index (χ2v) is 15.0. The fraction of sp³-hybridized carbons (Fsp3) is 0.441. The fourth-order valence-electron chi connectivity index (χ4n) is 6.69. The third kappa shape index (κ3) is 5.91. The molecule has 7 rings (SSSR count). The number of pyridine rings is 1. The van der Waals surface area contributed by atoms with Gasteiger partial charge in [-0.15, -0.1) is 0 Å². The number of aromatic nitrogens is 2. The molecule has 42 heavy (non-hydrogen) atoms. The molecule has 3 aliphatic heterocycles. The van der Waals surface area contributed by atoms with E-state index >= 15 is 0 Å². The maximum absolute atomic E-state index is 11.9. The summed E-state index contributed by atoms with van der Waals surface area (Å²) in [7, 11) is -1.18. The van der Waals surface area contributed by atoms with Crippen LogP contribution in [-0.4, -0.2) is 76.4 Å². The first-order valence-electron chi connectivity index (χ1n) is 14.9. The minimum absolute atomic E-state index is 0.325. The summed E-state index contributed by atoms with van der Waals surface area (Å²) in [5.41, 5.74) is 6.84. The average Bonchev–Trinajstić information content (AvgIpc) is 3.29. The van der Waals surface area contributed by atoms with Crippen LogP contribution in [0.1, 0.15) is 44.4 Å². The van der Waals surface area contributed by atoms with Crippen molar-refractivity contribution in [2.45, 2.75) is 69.2 Å². The third-order valence-electron chi connectivity index (χ3n) is 9.21. The van der Waals surface area contributed by atoms with E-state index < -0.39 is 15.4 Å². The molecule has 3 aliphatic rings. The molecule has 5 heterocycles. The normalized spacial score (nSPS) is 20.0. The van der Waals surface area contributed by atoms with Gasteiger partial charge in [0.05, 0.1) is 21.7 Å². The number of fused-ring (bicyclic) bond motifs is 4. The Balaban J connectivity index is 1.18. The minimum Gasteiger partial charge on any atom is -0.390 e. The number of piperidine rings is 2. The SMILES string of the molecule is Cc1nc(-c2ccc(CN3C[C@@H]4CC[C@H]3CN4CCC(C)(C)O)cc2)cc2c1cc(-c1ccc(S(C)(=O)=O)cc1)n2C. The number of piperazine rings is 1. The molecular formula is C34H42N4O3S. The highest BCUT2D eigenvalue weighted by atomic mass is 32.2. The Morgan fingerprint density at radius 3 is 2.14 bits per heavy atom. The Morgan fingerprint density at radius 2 is 1.55 bits per heavy atom. The lowest BCUT2D eigenvalue weighted by molar-refractivity contribution is -0.0370. The Labute approximate surface area is 249 Å². The van der Waals surface area contributed by atoms with E-state index in [1.54, 1.807) is 12.1 Å². The molecule has 1 N–H and O–H groups in total. The lowest BCUT2D eigenvalue weighted by Crippen LogP contribution is -2.62. The molecule has 2 aromatic heterocycles. The molecule has 2 aromatic carbocycles. The summed E-state index contributed by atoms with van der Waals surface area (Å²) in [6.07, 6.45) is 4.56. The standard InChI is InChI=1S/C34H42N4O3S/c1-23-30-18-32(26-10-14-29(15-11-26)42(5,40)41)36(4)33(30)19-31(35-23)25-8-6-24(7-9-25)20-38-22-27-12-13-28(38)21-37(27)17-16-34(2,3)39/h6-11,14-15,18-19,27-28,39H,12-13,16-17,20-22H2,1-5H3/t27-,28-/m0/s1. The highest BCUT2D eigenvalue weighted by Crippen LogP contribution is 2.33. The van der Waals surface area contributed by atoms with Gasteiger partial charge >= 0.3 is 0 Å². The number of aryl methyl sites for hydroxylation is 2. The van der Waals surface area contributed by atoms with Gasteiger partial charge in [0.2, 0.25) is 0 Å². The molecule has 3 fully saturated rings. The summed E-state index contributed by atoms with van der Waals surface area (Å²) >= 11 is 0. The Hall–Kier alpha value is -3.04. The third-order valence-corrected chi connectivity index (χ3v) is 10.3. The molecule has 2 atom stereocenters. The van der Waals surface area contributed by atoms with E-state index in [4.69, 9.17) is 4.98 Å². The predicted octanol–water partition coefficient (Wildman–Crippen LogP) is 5.43. The number of nitrogens with zero attached hydrogens (tertiary/aromatic N) is 4. The maximum Gasteiger partial charge on any atom is 0.175 e. The minimum atomic E-state index is -3.23. The smallest absolute Gasteiger partial charge is 0.175 e. The first-order valence-corrected chi connectivity index (χ1v) is 16.8. The van der Waals surface area contributed by atoms with Gasteiger partial charge in [0.25, 0.3) is 0 Å². The van der Waals surface area contributed by atoms with E-state index in [2.05, 4.69) is 50.8 Å². The molecule has 4 aromatic rings. The average molecular weight is 587 g/mol. The summed E-state index contributed by atoms with van der Waals surface area (Å²) in [5.74, 6) is 0. The highest BCUT2D eigenvalue weighted by molar-refractivity contribution is 7.90. The van der Waals surface area contributed by atoms with Crippen molar-refractivity contribution in [1.29, 1.82) is 0 Å². The van der Waals surface area contributed by atoms with Gasteiger partial charge in [-0.1, -0.05) is 36.4 Å². The van der Waals surface area contributed by atoms with Crippen LogP contribution in [0, 0.1) is 6.92 Å². The number of benzene rings is 2. The Bertz CT molecular complexity index is 1700. The van der Waals surface area contributed by atoms with Gasteiger partial charge in [-0.25, -0.2) is 8.42 Å². The van der Waals surface area contributed by atoms with E-state index in [1.165, 1.54) is 24.7 Å². The number of aliphatic hydroxyl groups is 1. The van der Waals surface area contributed by atoms with Crippen LogP contribution in [0.25, 0.3) is 33.4 Å². The lowest BCUT2D eigenvalue weighted by Gasteiger charge is -2.52. The van der Waals surface area contributed by atoms with Crippen LogP contribution in [-0.2, 0) is 23.4 Å². The van der Waals surface area contributed by atoms with Gasteiger partial charge in [-0.3, -0.25) is 14.8 Å². The van der Waals surface area contributed by atoms with Crippen molar-refractivity contribution < 1.29 is 13.5 Å². The van der Waals surface area contributed by atoms with E-state index in [9.17, 15) is 13.5 Å². The summed E-state index contributed by atoms with van der Waals surface area (Å²) in [6, 6.07) is 21.4. The largest absolute Gasteiger partial charge is 0.390 e. The number of sulfone groups is 1. The summed E-state index contributed by atoms with van der Waals surface area (Å²) in [6.45, 7) is 9.99. The molecule has 0 amide bonds. The van der Waals surface area contributed by atoms with E-state index in [0.717, 1.165) is 71.7 Å². The van der Waals surface area contributed by atoms with Crippen LogP contribution >= 0.6 is 0 Å². The monoisotopic (exact) mass is 586 g/mol. The van der Waals surface area contributed by atoms with Crippen LogP contribution in [0.15, 0.2) is 65.6 Å². The van der Waals surface area contributed by atoms with Crippen LogP contribution in [0.5, 0.6) is 0 Å². The molecule has 0 spiro atoms. The van der Waals surface area contributed by atoms with Gasteiger partial charge in [0.15, 0.2) is 9.84 Å². The summed E-state index contributed by atoms with van der Waals surface area (Å²) in [5, 5.41) is 11.3.